The number of ether oxygens (including phenoxy) is 4. The Kier molecular flexibility index (Phi) is 5.73. The highest BCUT2D eigenvalue weighted by Gasteiger charge is 2.66. The molecule has 1 saturated carbocycles. The second-order valence-corrected chi connectivity index (χ2v) is 7.63. The van der Waals surface area contributed by atoms with Gasteiger partial charge in [0.25, 0.3) is 0 Å². The van der Waals surface area contributed by atoms with Crippen molar-refractivity contribution in [1.29, 1.82) is 0 Å². The van der Waals surface area contributed by atoms with Gasteiger partial charge < -0.3 is 49.6 Å². The fourth-order valence-corrected chi connectivity index (χ4v) is 4.25. The Morgan fingerprint density at radius 3 is 2.46 bits per heavy atom. The summed E-state index contributed by atoms with van der Waals surface area (Å²) in [6.45, 7) is 2.04. The van der Waals surface area contributed by atoms with Crippen LogP contribution < -0.4 is 0 Å². The summed E-state index contributed by atoms with van der Waals surface area (Å²) in [5.74, 6) is -1.74. The van der Waals surface area contributed by atoms with Crippen molar-refractivity contribution in [3.63, 3.8) is 0 Å². The first-order chi connectivity index (χ1) is 13.0. The van der Waals surface area contributed by atoms with Gasteiger partial charge in [0.2, 0.25) is 6.29 Å². The Balaban J connectivity index is 1.87. The molecule has 0 bridgehead atoms. The molecule has 11 nitrogen and oxygen atoms in total. The van der Waals surface area contributed by atoms with Crippen LogP contribution in [0.15, 0.2) is 12.3 Å². The Hall–Kier alpha value is -1.31. The SMILES string of the molecule is CC(=O)O[C@@]1(C)C[C@@H](O)[C@]2(O)C=CO[C@@H](O[C@@H]3O[C@H](CO)[C@@H](O)[C@H](O)[C@H]3O)[C@@H]21. The molecule has 0 aromatic heterocycles. The van der Waals surface area contributed by atoms with E-state index in [0.29, 0.717) is 0 Å². The molecule has 0 aromatic rings. The zero-order chi connectivity index (χ0) is 20.9. The first-order valence-electron chi connectivity index (χ1n) is 8.92. The van der Waals surface area contributed by atoms with Gasteiger partial charge in [-0.15, -0.1) is 0 Å². The van der Waals surface area contributed by atoms with Crippen LogP contribution in [-0.2, 0) is 23.7 Å². The third-order valence-electron chi connectivity index (χ3n) is 5.60. The maximum Gasteiger partial charge on any atom is 0.303 e. The van der Waals surface area contributed by atoms with Crippen molar-refractivity contribution in [2.24, 2.45) is 5.92 Å². The summed E-state index contributed by atoms with van der Waals surface area (Å²) in [5, 5.41) is 60.6. The summed E-state index contributed by atoms with van der Waals surface area (Å²) >= 11 is 0. The molecular weight excluding hydrogens is 380 g/mol. The Morgan fingerprint density at radius 1 is 1.18 bits per heavy atom. The van der Waals surface area contributed by atoms with Crippen LogP contribution in [0.25, 0.3) is 0 Å². The van der Waals surface area contributed by atoms with E-state index in [0.717, 1.165) is 6.26 Å². The fraction of sp³-hybridized carbons (Fsp3) is 0.824. The normalized spacial score (nSPS) is 50.7. The van der Waals surface area contributed by atoms with E-state index in [1.807, 2.05) is 0 Å². The van der Waals surface area contributed by atoms with Crippen molar-refractivity contribution < 1.29 is 54.4 Å². The molecule has 3 aliphatic rings. The van der Waals surface area contributed by atoms with Gasteiger partial charge in [-0.2, -0.15) is 0 Å². The highest BCUT2D eigenvalue weighted by Crippen LogP contribution is 2.51. The van der Waals surface area contributed by atoms with Crippen LogP contribution in [0.2, 0.25) is 0 Å². The number of carbonyl (C=O) groups excluding carboxylic acids is 1. The molecule has 2 heterocycles. The number of esters is 1. The van der Waals surface area contributed by atoms with Crippen LogP contribution in [0.3, 0.4) is 0 Å². The van der Waals surface area contributed by atoms with Crippen molar-refractivity contribution in [2.45, 2.75) is 74.6 Å². The minimum absolute atomic E-state index is 0.101. The maximum atomic E-state index is 11.6. The van der Waals surface area contributed by atoms with E-state index in [9.17, 15) is 35.4 Å². The Bertz CT molecular complexity index is 624. The number of hydrogen-bond donors (Lipinski definition) is 6. The standard InChI is InChI=1S/C17H26O11/c1-7(19)28-16(2)5-9(20)17(24)3-4-25-15(13(16)17)27-14-12(23)11(22)10(21)8(6-18)26-14/h3-4,8-15,18,20-24H,5-6H2,1-2H3/t8-,9-,10-,11+,12-,13-,14+,15+,16+,17-/m1/s1. The molecule has 0 unspecified atom stereocenters. The largest absolute Gasteiger partial charge is 0.472 e. The summed E-state index contributed by atoms with van der Waals surface area (Å²) in [6, 6.07) is 0. The van der Waals surface area contributed by atoms with Gasteiger partial charge in [0, 0.05) is 13.3 Å². The van der Waals surface area contributed by atoms with E-state index < -0.39 is 72.8 Å². The lowest BCUT2D eigenvalue weighted by Crippen LogP contribution is -2.62. The molecule has 160 valence electrons. The number of rotatable bonds is 4. The van der Waals surface area contributed by atoms with Crippen LogP contribution in [-0.4, -0.2) is 97.5 Å². The van der Waals surface area contributed by atoms with Gasteiger partial charge in [-0.1, -0.05) is 0 Å². The highest BCUT2D eigenvalue weighted by atomic mass is 16.8. The molecule has 11 heteroatoms. The van der Waals surface area contributed by atoms with Gasteiger partial charge in [-0.3, -0.25) is 4.79 Å². The molecule has 0 spiro atoms. The predicted molar refractivity (Wildman–Crippen MR) is 88.1 cm³/mol. The van der Waals surface area contributed by atoms with Crippen LogP contribution in [0, 0.1) is 5.92 Å². The fourth-order valence-electron chi connectivity index (χ4n) is 4.25. The Labute approximate surface area is 160 Å². The topological polar surface area (TPSA) is 175 Å². The molecule has 0 radical (unpaired) electrons. The van der Waals surface area contributed by atoms with Gasteiger partial charge in [0.15, 0.2) is 6.29 Å². The second-order valence-electron chi connectivity index (χ2n) is 7.63. The van der Waals surface area contributed by atoms with Gasteiger partial charge in [0.05, 0.1) is 24.9 Å². The van der Waals surface area contributed by atoms with E-state index in [-0.39, 0.29) is 6.42 Å². The molecule has 3 rings (SSSR count). The van der Waals surface area contributed by atoms with Crippen molar-refractivity contribution in [2.75, 3.05) is 6.61 Å². The molecular formula is C17H26O11. The smallest absolute Gasteiger partial charge is 0.303 e. The van der Waals surface area contributed by atoms with E-state index in [2.05, 4.69) is 0 Å². The van der Waals surface area contributed by atoms with Crippen molar-refractivity contribution in [3.05, 3.63) is 12.3 Å². The van der Waals surface area contributed by atoms with Crippen LogP contribution in [0.5, 0.6) is 0 Å². The number of aliphatic hydroxyl groups is 6. The third kappa shape index (κ3) is 3.42. The van der Waals surface area contributed by atoms with E-state index >= 15 is 0 Å². The minimum Gasteiger partial charge on any atom is -0.472 e. The van der Waals surface area contributed by atoms with Crippen LogP contribution in [0.1, 0.15) is 20.3 Å². The first-order valence-corrected chi connectivity index (χ1v) is 8.92. The average Bonchev–Trinajstić information content (AvgIpc) is 2.81. The third-order valence-corrected chi connectivity index (χ3v) is 5.60. The van der Waals surface area contributed by atoms with E-state index in [1.165, 1.54) is 19.9 Å². The monoisotopic (exact) mass is 406 g/mol. The zero-order valence-electron chi connectivity index (χ0n) is 15.4. The summed E-state index contributed by atoms with van der Waals surface area (Å²) < 4.78 is 21.7. The summed E-state index contributed by atoms with van der Waals surface area (Å²) in [6.07, 6.45) is -8.06. The highest BCUT2D eigenvalue weighted by molar-refractivity contribution is 5.66. The lowest BCUT2D eigenvalue weighted by atomic mass is 9.81. The second kappa shape index (κ2) is 7.50. The van der Waals surface area contributed by atoms with E-state index in [1.54, 1.807) is 0 Å². The lowest BCUT2D eigenvalue weighted by Gasteiger charge is -2.45. The van der Waals surface area contributed by atoms with E-state index in [4.69, 9.17) is 18.9 Å². The van der Waals surface area contributed by atoms with Gasteiger partial charge >= 0.3 is 5.97 Å². The molecule has 1 saturated heterocycles. The molecule has 2 fully saturated rings. The van der Waals surface area contributed by atoms with Crippen LogP contribution >= 0.6 is 0 Å². The average molecular weight is 406 g/mol. The van der Waals surface area contributed by atoms with Crippen molar-refractivity contribution >= 4 is 5.97 Å². The van der Waals surface area contributed by atoms with Crippen molar-refractivity contribution in [1.82, 2.24) is 0 Å². The molecule has 0 aromatic carbocycles. The number of hydrogen-bond acceptors (Lipinski definition) is 11. The molecule has 2 aliphatic heterocycles. The summed E-state index contributed by atoms with van der Waals surface area (Å²) in [7, 11) is 0. The van der Waals surface area contributed by atoms with Crippen LogP contribution in [0.4, 0.5) is 0 Å². The first kappa shape index (κ1) is 21.4. The Morgan fingerprint density at radius 2 is 1.86 bits per heavy atom. The molecule has 10 atom stereocenters. The summed E-state index contributed by atoms with van der Waals surface area (Å²) in [5.41, 5.74) is -3.22. The zero-order valence-corrected chi connectivity index (χ0v) is 15.4. The van der Waals surface area contributed by atoms with Crippen molar-refractivity contribution in [3.8, 4) is 0 Å². The van der Waals surface area contributed by atoms with Gasteiger partial charge in [-0.25, -0.2) is 0 Å². The molecule has 1 aliphatic carbocycles. The minimum atomic E-state index is -1.85. The molecule has 28 heavy (non-hydrogen) atoms. The number of carbonyl (C=O) groups is 1. The number of aliphatic hydroxyl groups excluding tert-OH is 5. The maximum absolute atomic E-state index is 11.6. The van der Waals surface area contributed by atoms with Gasteiger partial charge in [-0.05, 0) is 13.0 Å². The lowest BCUT2D eigenvalue weighted by molar-refractivity contribution is -0.351. The molecule has 0 amide bonds. The quantitative estimate of drug-likeness (QED) is 0.264. The van der Waals surface area contributed by atoms with Gasteiger partial charge in [0.1, 0.15) is 35.6 Å². The predicted octanol–water partition coefficient (Wildman–Crippen LogP) is -2.89. The summed E-state index contributed by atoms with van der Waals surface area (Å²) in [4.78, 5) is 11.6. The number of fused-ring (bicyclic) bond motifs is 1. The molecule has 6 N–H and O–H groups in total.